The van der Waals surface area contributed by atoms with E-state index in [1.807, 2.05) is 57.2 Å². The minimum absolute atomic E-state index is 0.135. The smallest absolute Gasteiger partial charge is 0.262 e. The maximum absolute atomic E-state index is 12.7. The Morgan fingerprint density at radius 2 is 1.75 bits per heavy atom. The minimum atomic E-state index is -0.744. The number of nitrogens with one attached hydrogen (secondary N) is 2. The zero-order chi connectivity index (χ0) is 26.1. The molecule has 0 aliphatic carbocycles. The minimum Gasteiger partial charge on any atom is -0.493 e. The Labute approximate surface area is 216 Å². The Morgan fingerprint density at radius 3 is 2.42 bits per heavy atom. The van der Waals surface area contributed by atoms with Crippen LogP contribution in [0.2, 0.25) is 5.02 Å². The van der Waals surface area contributed by atoms with Crippen LogP contribution in [0.1, 0.15) is 40.9 Å². The van der Waals surface area contributed by atoms with Gasteiger partial charge in [-0.2, -0.15) is 5.10 Å². The van der Waals surface area contributed by atoms with E-state index in [1.54, 1.807) is 37.4 Å². The molecule has 3 rings (SSSR count). The van der Waals surface area contributed by atoms with Crippen molar-refractivity contribution in [2.75, 3.05) is 7.11 Å². The van der Waals surface area contributed by atoms with E-state index >= 15 is 0 Å². The van der Waals surface area contributed by atoms with Gasteiger partial charge in [-0.1, -0.05) is 61.3 Å². The molecule has 1 unspecified atom stereocenters. The summed E-state index contributed by atoms with van der Waals surface area (Å²) in [5.41, 5.74) is 5.62. The predicted octanol–water partition coefficient (Wildman–Crippen LogP) is 5.14. The Bertz CT molecular complexity index is 1230. The summed E-state index contributed by atoms with van der Waals surface area (Å²) in [6.45, 7) is 5.95. The maximum Gasteiger partial charge on any atom is 0.262 e. The van der Waals surface area contributed by atoms with Crippen LogP contribution in [0.5, 0.6) is 11.5 Å². The van der Waals surface area contributed by atoms with Crippen LogP contribution in [0.3, 0.4) is 0 Å². The van der Waals surface area contributed by atoms with E-state index in [-0.39, 0.29) is 11.8 Å². The first kappa shape index (κ1) is 26.8. The fourth-order valence-corrected chi connectivity index (χ4v) is 3.55. The topological polar surface area (TPSA) is 89.0 Å². The third kappa shape index (κ3) is 7.33. The van der Waals surface area contributed by atoms with Crippen LogP contribution in [0.25, 0.3) is 0 Å². The molecule has 188 valence electrons. The summed E-state index contributed by atoms with van der Waals surface area (Å²) in [4.78, 5) is 25.3. The molecule has 8 heteroatoms. The van der Waals surface area contributed by atoms with Gasteiger partial charge < -0.3 is 14.8 Å². The van der Waals surface area contributed by atoms with Crippen molar-refractivity contribution in [3.8, 4) is 11.5 Å². The summed E-state index contributed by atoms with van der Waals surface area (Å²) in [5, 5.41) is 7.47. The first-order valence-corrected chi connectivity index (χ1v) is 11.9. The highest BCUT2D eigenvalue weighted by Crippen LogP contribution is 2.29. The van der Waals surface area contributed by atoms with Crippen molar-refractivity contribution in [1.29, 1.82) is 0 Å². The number of methoxy groups -OCH3 is 1. The van der Waals surface area contributed by atoms with E-state index < -0.39 is 11.9 Å². The van der Waals surface area contributed by atoms with E-state index in [2.05, 4.69) is 15.8 Å². The van der Waals surface area contributed by atoms with E-state index in [0.717, 1.165) is 11.1 Å². The van der Waals surface area contributed by atoms with Crippen molar-refractivity contribution in [3.63, 3.8) is 0 Å². The number of benzene rings is 3. The normalized spacial score (nSPS) is 11.8. The van der Waals surface area contributed by atoms with Gasteiger partial charge in [0.2, 0.25) is 0 Å². The van der Waals surface area contributed by atoms with Gasteiger partial charge in [0, 0.05) is 16.1 Å². The quantitative estimate of drug-likeness (QED) is 0.294. The van der Waals surface area contributed by atoms with Gasteiger partial charge in [-0.15, -0.1) is 0 Å². The van der Waals surface area contributed by atoms with Gasteiger partial charge in [-0.3, -0.25) is 9.59 Å². The molecular weight excluding hydrogens is 478 g/mol. The molecule has 0 aliphatic heterocycles. The van der Waals surface area contributed by atoms with Crippen molar-refractivity contribution in [1.82, 2.24) is 10.7 Å². The number of carbonyl (C=O) groups is 2. The molecule has 3 aromatic rings. The standard InChI is InChI=1S/C28H30ClN3O4/c1-18(2)26(31-27(33)21-12-9-19(3)10-13-21)28(34)32-30-16-20-11-14-24(25(15-20)35-4)36-17-22-7-5-6-8-23(22)29/h5-16,18,26H,17H2,1-4H3,(H,31,33)(H,32,34)/b30-16-. The van der Waals surface area contributed by atoms with Gasteiger partial charge >= 0.3 is 0 Å². The summed E-state index contributed by atoms with van der Waals surface area (Å²) >= 11 is 6.19. The van der Waals surface area contributed by atoms with Crippen molar-refractivity contribution >= 4 is 29.6 Å². The molecular formula is C28H30ClN3O4. The van der Waals surface area contributed by atoms with Crippen LogP contribution in [0.15, 0.2) is 71.8 Å². The van der Waals surface area contributed by atoms with Gasteiger partial charge in [-0.25, -0.2) is 5.43 Å². The lowest BCUT2D eigenvalue weighted by molar-refractivity contribution is -0.123. The number of hydrogen-bond donors (Lipinski definition) is 2. The molecule has 2 amide bonds. The highest BCUT2D eigenvalue weighted by atomic mass is 35.5. The summed E-state index contributed by atoms with van der Waals surface area (Å²) in [6, 6.07) is 19.2. The zero-order valence-corrected chi connectivity index (χ0v) is 21.5. The number of carbonyl (C=O) groups excluding carboxylic acids is 2. The lowest BCUT2D eigenvalue weighted by Gasteiger charge is -2.20. The molecule has 36 heavy (non-hydrogen) atoms. The zero-order valence-electron chi connectivity index (χ0n) is 20.7. The molecule has 0 radical (unpaired) electrons. The molecule has 3 aromatic carbocycles. The average molecular weight is 508 g/mol. The largest absolute Gasteiger partial charge is 0.493 e. The molecule has 0 spiro atoms. The third-order valence-electron chi connectivity index (χ3n) is 5.47. The number of amides is 2. The Hall–Kier alpha value is -3.84. The Kier molecular flexibility index (Phi) is 9.47. The lowest BCUT2D eigenvalue weighted by atomic mass is 10.0. The Morgan fingerprint density at radius 1 is 1.03 bits per heavy atom. The predicted molar refractivity (Wildman–Crippen MR) is 142 cm³/mol. The van der Waals surface area contributed by atoms with Crippen LogP contribution in [-0.2, 0) is 11.4 Å². The van der Waals surface area contributed by atoms with Gasteiger partial charge in [0.05, 0.1) is 13.3 Å². The van der Waals surface area contributed by atoms with Crippen molar-refractivity contribution in [3.05, 3.63) is 94.0 Å². The highest BCUT2D eigenvalue weighted by molar-refractivity contribution is 6.31. The van der Waals surface area contributed by atoms with E-state index in [1.165, 1.54) is 6.21 Å². The SMILES string of the molecule is COc1cc(/C=N\NC(=O)C(NC(=O)c2ccc(C)cc2)C(C)C)ccc1OCc1ccccc1Cl. The second-order valence-corrected chi connectivity index (χ2v) is 8.99. The van der Waals surface area contributed by atoms with E-state index in [9.17, 15) is 9.59 Å². The average Bonchev–Trinajstić information content (AvgIpc) is 2.87. The lowest BCUT2D eigenvalue weighted by Crippen LogP contribution is -2.48. The number of hydrogen-bond acceptors (Lipinski definition) is 5. The van der Waals surface area contributed by atoms with Crippen LogP contribution in [0.4, 0.5) is 0 Å². The number of halogens is 1. The van der Waals surface area contributed by atoms with Crippen molar-refractivity contribution < 1.29 is 19.1 Å². The molecule has 1 atom stereocenters. The number of hydrazone groups is 1. The maximum atomic E-state index is 12.7. The number of aryl methyl sites for hydroxylation is 1. The molecule has 0 fully saturated rings. The first-order valence-electron chi connectivity index (χ1n) is 11.5. The van der Waals surface area contributed by atoms with E-state index in [4.69, 9.17) is 21.1 Å². The summed E-state index contributed by atoms with van der Waals surface area (Å²) < 4.78 is 11.3. The fraction of sp³-hybridized carbons (Fsp3) is 0.250. The third-order valence-corrected chi connectivity index (χ3v) is 5.84. The van der Waals surface area contributed by atoms with Gasteiger partial charge in [0.1, 0.15) is 12.6 Å². The molecule has 0 saturated heterocycles. The van der Waals surface area contributed by atoms with Crippen LogP contribution < -0.4 is 20.2 Å². The van der Waals surface area contributed by atoms with Crippen molar-refractivity contribution in [2.45, 2.75) is 33.4 Å². The van der Waals surface area contributed by atoms with Crippen LogP contribution >= 0.6 is 11.6 Å². The fourth-order valence-electron chi connectivity index (χ4n) is 3.36. The highest BCUT2D eigenvalue weighted by Gasteiger charge is 2.24. The molecule has 0 aromatic heterocycles. The van der Waals surface area contributed by atoms with Crippen molar-refractivity contribution in [2.24, 2.45) is 11.0 Å². The molecule has 0 bridgehead atoms. The molecule has 0 heterocycles. The molecule has 7 nitrogen and oxygen atoms in total. The van der Waals surface area contributed by atoms with Gasteiger partial charge in [-0.05, 0) is 54.8 Å². The Balaban J connectivity index is 1.61. The summed E-state index contributed by atoms with van der Waals surface area (Å²) in [5.74, 6) is 0.211. The number of nitrogens with zero attached hydrogens (tertiary/aromatic N) is 1. The second kappa shape index (κ2) is 12.7. The van der Waals surface area contributed by atoms with Crippen LogP contribution in [0, 0.1) is 12.8 Å². The molecule has 0 aliphatic rings. The number of rotatable bonds is 10. The monoisotopic (exact) mass is 507 g/mol. The number of ether oxygens (including phenoxy) is 2. The summed E-state index contributed by atoms with van der Waals surface area (Å²) in [7, 11) is 1.55. The van der Waals surface area contributed by atoms with Crippen LogP contribution in [-0.4, -0.2) is 31.2 Å². The molecule has 0 saturated carbocycles. The summed E-state index contributed by atoms with van der Waals surface area (Å²) in [6.07, 6.45) is 1.50. The second-order valence-electron chi connectivity index (χ2n) is 8.59. The van der Waals surface area contributed by atoms with E-state index in [0.29, 0.717) is 34.3 Å². The molecule has 2 N–H and O–H groups in total. The van der Waals surface area contributed by atoms with Gasteiger partial charge in [0.25, 0.3) is 11.8 Å². The first-order chi connectivity index (χ1) is 17.3. The van der Waals surface area contributed by atoms with Gasteiger partial charge in [0.15, 0.2) is 11.5 Å².